The fourth-order valence-corrected chi connectivity index (χ4v) is 2.59. The molecule has 0 aliphatic carbocycles. The van der Waals surface area contributed by atoms with Gasteiger partial charge in [0.1, 0.15) is 35.9 Å². The maximum atomic E-state index is 12.4. The molecule has 130 valence electrons. The van der Waals surface area contributed by atoms with Crippen LogP contribution in [0.1, 0.15) is 5.76 Å². The summed E-state index contributed by atoms with van der Waals surface area (Å²) in [7, 11) is 0. The number of furan rings is 1. The first-order valence-electron chi connectivity index (χ1n) is 7.14. The number of nitrogens with one attached hydrogen (secondary N) is 1. The van der Waals surface area contributed by atoms with Gasteiger partial charge in [-0.05, 0) is 12.1 Å². The number of ether oxygens (including phenoxy) is 1. The third-order valence-corrected chi connectivity index (χ3v) is 3.86. The topological polar surface area (TPSA) is 153 Å². The smallest absolute Gasteiger partial charge is 0.331 e. The minimum Gasteiger partial charge on any atom is -0.465 e. The second-order valence-corrected chi connectivity index (χ2v) is 5.40. The van der Waals surface area contributed by atoms with Crippen LogP contribution in [0.15, 0.2) is 28.5 Å². The van der Waals surface area contributed by atoms with Crippen LogP contribution in [0.2, 0.25) is 0 Å². The number of hydrogen-bond acceptors (Lipinski definition) is 8. The van der Waals surface area contributed by atoms with E-state index < -0.39 is 49.2 Å². The fraction of sp³-hybridized carbons (Fsp3) is 0.429. The number of urea groups is 1. The Bertz CT molecular complexity index is 656. The highest BCUT2D eigenvalue weighted by molar-refractivity contribution is 6.14. The van der Waals surface area contributed by atoms with Crippen molar-refractivity contribution in [3.05, 3.63) is 29.9 Å². The number of rotatable bonds is 3. The molecular formula is C14H16N2O8. The lowest BCUT2D eigenvalue weighted by atomic mass is 9.98. The van der Waals surface area contributed by atoms with E-state index >= 15 is 0 Å². The summed E-state index contributed by atoms with van der Waals surface area (Å²) in [5.41, 5.74) is -0.105. The molecule has 5 atom stereocenters. The second kappa shape index (κ2) is 6.34. The second-order valence-electron chi connectivity index (χ2n) is 5.40. The molecule has 0 saturated carbocycles. The van der Waals surface area contributed by atoms with Gasteiger partial charge in [-0.25, -0.2) is 9.69 Å². The van der Waals surface area contributed by atoms with Crippen molar-refractivity contribution in [3.8, 4) is 0 Å². The van der Waals surface area contributed by atoms with Crippen LogP contribution >= 0.6 is 0 Å². The summed E-state index contributed by atoms with van der Waals surface area (Å²) in [6.45, 7) is -0.666. The van der Waals surface area contributed by atoms with Gasteiger partial charge < -0.3 is 34.9 Å². The number of aliphatic hydroxyl groups is 4. The first-order chi connectivity index (χ1) is 11.4. The summed E-state index contributed by atoms with van der Waals surface area (Å²) >= 11 is 0. The molecule has 2 fully saturated rings. The Labute approximate surface area is 135 Å². The zero-order valence-corrected chi connectivity index (χ0v) is 12.3. The molecule has 0 spiro atoms. The Morgan fingerprint density at radius 2 is 1.96 bits per heavy atom. The maximum Gasteiger partial charge on any atom is 0.331 e. The highest BCUT2D eigenvalue weighted by atomic mass is 16.6. The van der Waals surface area contributed by atoms with Crippen molar-refractivity contribution in [1.29, 1.82) is 0 Å². The Kier molecular flexibility index (Phi) is 4.39. The van der Waals surface area contributed by atoms with Crippen LogP contribution in [0.5, 0.6) is 0 Å². The van der Waals surface area contributed by atoms with Crippen LogP contribution in [0.4, 0.5) is 4.79 Å². The lowest BCUT2D eigenvalue weighted by Crippen LogP contribution is -2.64. The minimum atomic E-state index is -1.74. The molecule has 10 nitrogen and oxygen atoms in total. The molecule has 0 radical (unpaired) electrons. The Hall–Kier alpha value is -2.24. The average Bonchev–Trinajstić information content (AvgIpc) is 3.16. The number of amides is 3. The Morgan fingerprint density at radius 1 is 1.21 bits per heavy atom. The molecule has 1 aromatic heterocycles. The summed E-state index contributed by atoms with van der Waals surface area (Å²) in [4.78, 5) is 25.1. The quantitative estimate of drug-likeness (QED) is 0.312. The lowest BCUT2D eigenvalue weighted by molar-refractivity contribution is -0.253. The van der Waals surface area contributed by atoms with E-state index in [0.717, 1.165) is 0 Å². The van der Waals surface area contributed by atoms with Gasteiger partial charge in [-0.3, -0.25) is 4.79 Å². The van der Waals surface area contributed by atoms with Gasteiger partial charge in [0.15, 0.2) is 6.23 Å². The van der Waals surface area contributed by atoms with Gasteiger partial charge in [0, 0.05) is 6.08 Å². The summed E-state index contributed by atoms with van der Waals surface area (Å²) in [6.07, 6.45) is -5.12. The van der Waals surface area contributed by atoms with Crippen LogP contribution in [-0.4, -0.2) is 74.5 Å². The van der Waals surface area contributed by atoms with Gasteiger partial charge in [0.2, 0.25) is 0 Å². The van der Waals surface area contributed by atoms with E-state index in [9.17, 15) is 30.0 Å². The van der Waals surface area contributed by atoms with Crippen molar-refractivity contribution in [2.75, 3.05) is 6.61 Å². The monoisotopic (exact) mass is 340 g/mol. The predicted octanol–water partition coefficient (Wildman–Crippen LogP) is -2.03. The summed E-state index contributed by atoms with van der Waals surface area (Å²) < 4.78 is 10.3. The van der Waals surface area contributed by atoms with E-state index in [2.05, 4.69) is 5.32 Å². The first kappa shape index (κ1) is 16.6. The van der Waals surface area contributed by atoms with Crippen LogP contribution in [0.25, 0.3) is 6.08 Å². The average molecular weight is 340 g/mol. The number of carbonyl (C=O) groups is 2. The molecule has 2 aliphatic rings. The van der Waals surface area contributed by atoms with E-state index in [1.165, 1.54) is 12.3 Å². The number of imide groups is 1. The summed E-state index contributed by atoms with van der Waals surface area (Å²) in [5.74, 6) is -0.477. The molecule has 5 N–H and O–H groups in total. The van der Waals surface area contributed by atoms with Crippen molar-refractivity contribution in [2.45, 2.75) is 30.6 Å². The zero-order valence-electron chi connectivity index (χ0n) is 12.3. The van der Waals surface area contributed by atoms with Crippen LogP contribution < -0.4 is 5.32 Å². The third-order valence-electron chi connectivity index (χ3n) is 3.86. The first-order valence-corrected chi connectivity index (χ1v) is 7.14. The van der Waals surface area contributed by atoms with E-state index in [0.29, 0.717) is 10.7 Å². The van der Waals surface area contributed by atoms with Gasteiger partial charge in [0.25, 0.3) is 5.91 Å². The minimum absolute atomic E-state index is 0.105. The fourth-order valence-electron chi connectivity index (χ4n) is 2.59. The van der Waals surface area contributed by atoms with Gasteiger partial charge in [-0.2, -0.15) is 0 Å². The molecule has 3 heterocycles. The van der Waals surface area contributed by atoms with E-state index in [1.54, 1.807) is 12.1 Å². The van der Waals surface area contributed by atoms with Gasteiger partial charge in [0.05, 0.1) is 12.9 Å². The molecule has 24 heavy (non-hydrogen) atoms. The highest BCUT2D eigenvalue weighted by Crippen LogP contribution is 2.27. The predicted molar refractivity (Wildman–Crippen MR) is 75.8 cm³/mol. The van der Waals surface area contributed by atoms with Crippen molar-refractivity contribution in [1.82, 2.24) is 10.2 Å². The molecule has 0 bridgehead atoms. The van der Waals surface area contributed by atoms with Crippen molar-refractivity contribution < 1.29 is 39.2 Å². The molecule has 2 saturated heterocycles. The van der Waals surface area contributed by atoms with Crippen molar-refractivity contribution in [2.24, 2.45) is 0 Å². The molecule has 2 aliphatic heterocycles. The molecule has 0 unspecified atom stereocenters. The molecule has 10 heteroatoms. The van der Waals surface area contributed by atoms with E-state index in [-0.39, 0.29) is 5.70 Å². The van der Waals surface area contributed by atoms with Crippen LogP contribution in [0.3, 0.4) is 0 Å². The lowest BCUT2D eigenvalue weighted by Gasteiger charge is -2.42. The summed E-state index contributed by atoms with van der Waals surface area (Å²) in [6, 6.07) is 2.30. The number of hydrogen-bond donors (Lipinski definition) is 5. The maximum absolute atomic E-state index is 12.4. The molecule has 3 amide bonds. The van der Waals surface area contributed by atoms with Crippen molar-refractivity contribution >= 4 is 18.0 Å². The largest absolute Gasteiger partial charge is 0.465 e. The van der Waals surface area contributed by atoms with Gasteiger partial charge in [-0.15, -0.1) is 0 Å². The SMILES string of the molecule is O=C1N/C(=C\c2ccco2)C(=O)N1[C@@H]1O[C@H](CO)[C@H](O)[C@H](O)[C@H]1O. The summed E-state index contributed by atoms with van der Waals surface area (Å²) in [5, 5.41) is 41.1. The van der Waals surface area contributed by atoms with E-state index in [4.69, 9.17) is 9.15 Å². The van der Waals surface area contributed by atoms with Gasteiger partial charge >= 0.3 is 6.03 Å². The van der Waals surface area contributed by atoms with E-state index in [1.807, 2.05) is 0 Å². The Morgan fingerprint density at radius 3 is 2.58 bits per heavy atom. The van der Waals surface area contributed by atoms with Gasteiger partial charge in [-0.1, -0.05) is 0 Å². The molecule has 0 aromatic carbocycles. The highest BCUT2D eigenvalue weighted by Gasteiger charge is 2.51. The number of carbonyl (C=O) groups excluding carboxylic acids is 2. The molecule has 1 aromatic rings. The number of nitrogens with zero attached hydrogens (tertiary/aromatic N) is 1. The van der Waals surface area contributed by atoms with Crippen LogP contribution in [-0.2, 0) is 9.53 Å². The van der Waals surface area contributed by atoms with Crippen LogP contribution in [0, 0.1) is 0 Å². The Balaban J connectivity index is 1.86. The zero-order chi connectivity index (χ0) is 17.4. The molecule has 3 rings (SSSR count). The molecular weight excluding hydrogens is 324 g/mol. The standard InChI is InChI=1S/C14H16N2O8/c17-5-8-9(18)10(19)11(20)13(24-8)16-12(21)7(15-14(16)22)4-6-2-1-3-23-6/h1-4,8-11,13,17-20H,5H2,(H,15,22)/b7-4-/t8-,9+,10+,11-,13-/m1/s1. The van der Waals surface area contributed by atoms with Crippen molar-refractivity contribution in [3.63, 3.8) is 0 Å². The third kappa shape index (κ3) is 2.70. The normalized spacial score (nSPS) is 35.6. The number of aliphatic hydroxyl groups excluding tert-OH is 4.